The first-order valence-electron chi connectivity index (χ1n) is 10.5. The fourth-order valence-corrected chi connectivity index (χ4v) is 7.09. The Balaban J connectivity index is 1.48. The Morgan fingerprint density at radius 1 is 1.16 bits per heavy atom. The van der Waals surface area contributed by atoms with Crippen molar-refractivity contribution in [2.24, 2.45) is 5.92 Å². The van der Waals surface area contributed by atoms with Gasteiger partial charge >= 0.3 is 0 Å². The molecule has 2 aromatic carbocycles. The van der Waals surface area contributed by atoms with Gasteiger partial charge in [-0.1, -0.05) is 31.2 Å². The number of benzene rings is 2. The quantitative estimate of drug-likeness (QED) is 0.322. The zero-order valence-electron chi connectivity index (χ0n) is 17.6. The smallest absolute Gasteiger partial charge is 0.229 e. The fraction of sp³-hybridized carbons (Fsp3) is 0.280. The number of thiophene rings is 1. The highest BCUT2D eigenvalue weighted by atomic mass is 32.2. The van der Waals surface area contributed by atoms with E-state index in [2.05, 4.69) is 48.8 Å². The van der Waals surface area contributed by atoms with Crippen LogP contribution < -0.4 is 5.32 Å². The Morgan fingerprint density at radius 2 is 1.97 bits per heavy atom. The molecule has 1 atom stereocenters. The maximum atomic E-state index is 12.9. The minimum absolute atomic E-state index is 0.0332. The summed E-state index contributed by atoms with van der Waals surface area (Å²) in [6.45, 7) is 2.32. The first-order valence-corrected chi connectivity index (χ1v) is 13.4. The lowest BCUT2D eigenvalue weighted by atomic mass is 9.88. The third-order valence-corrected chi connectivity index (χ3v) is 8.76. The number of nitrogens with one attached hydrogen (secondary N) is 1. The van der Waals surface area contributed by atoms with Gasteiger partial charge in [0.25, 0.3) is 0 Å². The third-order valence-electron chi connectivity index (χ3n) is 5.80. The van der Waals surface area contributed by atoms with E-state index in [4.69, 9.17) is 4.98 Å². The number of anilines is 1. The summed E-state index contributed by atoms with van der Waals surface area (Å²) in [5.41, 5.74) is 4.60. The van der Waals surface area contributed by atoms with E-state index < -0.39 is 0 Å². The average Bonchev–Trinajstić information content (AvgIpc) is 3.34. The number of aromatic nitrogens is 1. The highest BCUT2D eigenvalue weighted by Crippen LogP contribution is 2.47. The Bertz CT molecular complexity index is 1210. The number of fused-ring (bicyclic) bond motifs is 2. The van der Waals surface area contributed by atoms with Gasteiger partial charge in [-0.2, -0.15) is 0 Å². The number of thioether (sulfide) groups is 1. The van der Waals surface area contributed by atoms with Gasteiger partial charge in [0, 0.05) is 15.3 Å². The van der Waals surface area contributed by atoms with Crippen LogP contribution in [0.2, 0.25) is 0 Å². The molecule has 1 aliphatic rings. The molecular weight excluding hydrogens is 440 g/mol. The van der Waals surface area contributed by atoms with Crippen molar-refractivity contribution in [2.45, 2.75) is 37.5 Å². The van der Waals surface area contributed by atoms with Crippen molar-refractivity contribution in [2.75, 3.05) is 11.6 Å². The maximum absolute atomic E-state index is 12.9. The molecule has 158 valence electrons. The van der Waals surface area contributed by atoms with Gasteiger partial charge in [-0.05, 0) is 66.8 Å². The predicted octanol–water partition coefficient (Wildman–Crippen LogP) is 7.05. The van der Waals surface area contributed by atoms with E-state index in [1.165, 1.54) is 26.5 Å². The first kappa shape index (κ1) is 20.7. The lowest BCUT2D eigenvalue weighted by Crippen LogP contribution is -2.14. The van der Waals surface area contributed by atoms with E-state index in [1.807, 2.05) is 18.2 Å². The van der Waals surface area contributed by atoms with Gasteiger partial charge < -0.3 is 5.32 Å². The lowest BCUT2D eigenvalue weighted by molar-refractivity contribution is -0.115. The Kier molecular flexibility index (Phi) is 5.87. The van der Waals surface area contributed by atoms with Crippen LogP contribution in [0.25, 0.3) is 20.8 Å². The van der Waals surface area contributed by atoms with Crippen LogP contribution in [0.5, 0.6) is 0 Å². The second kappa shape index (κ2) is 8.77. The number of rotatable bonds is 5. The molecule has 1 unspecified atom stereocenters. The maximum Gasteiger partial charge on any atom is 0.229 e. The summed E-state index contributed by atoms with van der Waals surface area (Å²) in [5.74, 6) is 0.721. The van der Waals surface area contributed by atoms with Gasteiger partial charge in [-0.15, -0.1) is 34.4 Å². The second-order valence-electron chi connectivity index (χ2n) is 8.12. The van der Waals surface area contributed by atoms with Crippen LogP contribution in [0, 0.1) is 5.92 Å². The minimum Gasteiger partial charge on any atom is -0.317 e. The summed E-state index contributed by atoms with van der Waals surface area (Å²) in [7, 11) is 0. The molecule has 0 spiro atoms. The molecule has 1 amide bonds. The zero-order valence-corrected chi connectivity index (χ0v) is 20.1. The van der Waals surface area contributed by atoms with E-state index in [0.717, 1.165) is 39.5 Å². The molecule has 0 fully saturated rings. The molecule has 6 heteroatoms. The van der Waals surface area contributed by atoms with E-state index in [9.17, 15) is 4.79 Å². The van der Waals surface area contributed by atoms with E-state index in [-0.39, 0.29) is 5.91 Å². The summed E-state index contributed by atoms with van der Waals surface area (Å²) >= 11 is 5.18. The van der Waals surface area contributed by atoms with Crippen LogP contribution in [-0.2, 0) is 24.1 Å². The number of amides is 1. The van der Waals surface area contributed by atoms with Crippen molar-refractivity contribution in [1.82, 2.24) is 4.98 Å². The molecule has 1 N–H and O–H groups in total. The summed E-state index contributed by atoms with van der Waals surface area (Å²) in [6.07, 6.45) is 5.78. The molecule has 2 aromatic heterocycles. The monoisotopic (exact) mass is 464 g/mol. The summed E-state index contributed by atoms with van der Waals surface area (Å²) in [5, 5.41) is 5.23. The Hall–Kier alpha value is -2.15. The van der Waals surface area contributed by atoms with Crippen molar-refractivity contribution < 1.29 is 4.79 Å². The van der Waals surface area contributed by atoms with Crippen molar-refractivity contribution in [3.63, 3.8) is 0 Å². The SMILES string of the molecule is CSc1ccc(CC(=O)Nc2sc3c(c2-c2nc4ccccc4s2)CCC(C)C3)cc1. The Morgan fingerprint density at radius 3 is 2.74 bits per heavy atom. The summed E-state index contributed by atoms with van der Waals surface area (Å²) in [4.78, 5) is 20.5. The molecule has 0 saturated carbocycles. The minimum atomic E-state index is 0.0332. The number of para-hydroxylation sites is 1. The van der Waals surface area contributed by atoms with Crippen molar-refractivity contribution in [1.29, 1.82) is 0 Å². The van der Waals surface area contributed by atoms with Crippen LogP contribution in [0.1, 0.15) is 29.3 Å². The third kappa shape index (κ3) is 4.29. The zero-order chi connectivity index (χ0) is 21.4. The molecule has 0 saturated heterocycles. The van der Waals surface area contributed by atoms with Crippen molar-refractivity contribution >= 4 is 55.6 Å². The molecule has 0 bridgehead atoms. The number of carbonyl (C=O) groups excluding carboxylic acids is 1. The van der Waals surface area contributed by atoms with Gasteiger partial charge in [0.15, 0.2) is 0 Å². The first-order chi connectivity index (χ1) is 15.1. The molecular formula is C25H24N2OS3. The van der Waals surface area contributed by atoms with Gasteiger partial charge in [-0.3, -0.25) is 4.79 Å². The standard InChI is InChI=1S/C25H24N2OS3/c1-15-7-12-18-21(13-15)31-25(23(18)24-26-19-5-3-4-6-20(19)30-24)27-22(28)14-16-8-10-17(29-2)11-9-16/h3-6,8-11,15H,7,12-14H2,1-2H3,(H,27,28). The highest BCUT2D eigenvalue weighted by molar-refractivity contribution is 7.98. The summed E-state index contributed by atoms with van der Waals surface area (Å²) < 4.78 is 1.19. The molecule has 0 radical (unpaired) electrons. The number of thiazole rings is 1. The number of hydrogen-bond donors (Lipinski definition) is 1. The van der Waals surface area contributed by atoms with Crippen LogP contribution in [0.4, 0.5) is 5.00 Å². The molecule has 5 rings (SSSR count). The summed E-state index contributed by atoms with van der Waals surface area (Å²) in [6, 6.07) is 16.5. The normalized spacial score (nSPS) is 15.7. The van der Waals surface area contributed by atoms with Crippen LogP contribution in [0.3, 0.4) is 0 Å². The molecule has 4 aromatic rings. The van der Waals surface area contributed by atoms with Crippen molar-refractivity contribution in [3.8, 4) is 10.6 Å². The molecule has 3 nitrogen and oxygen atoms in total. The van der Waals surface area contributed by atoms with E-state index >= 15 is 0 Å². The molecule has 2 heterocycles. The largest absolute Gasteiger partial charge is 0.317 e. The molecule has 1 aliphatic carbocycles. The van der Waals surface area contributed by atoms with Crippen LogP contribution >= 0.6 is 34.4 Å². The van der Waals surface area contributed by atoms with Crippen LogP contribution in [0.15, 0.2) is 53.4 Å². The van der Waals surface area contributed by atoms with Crippen LogP contribution in [-0.4, -0.2) is 17.1 Å². The van der Waals surface area contributed by atoms with Gasteiger partial charge in [0.2, 0.25) is 5.91 Å². The highest BCUT2D eigenvalue weighted by Gasteiger charge is 2.27. The Labute approximate surface area is 194 Å². The topological polar surface area (TPSA) is 42.0 Å². The van der Waals surface area contributed by atoms with Gasteiger partial charge in [0.1, 0.15) is 10.0 Å². The number of hydrogen-bond acceptors (Lipinski definition) is 5. The van der Waals surface area contributed by atoms with E-state index in [1.54, 1.807) is 34.4 Å². The number of carbonyl (C=O) groups is 1. The van der Waals surface area contributed by atoms with Gasteiger partial charge in [0.05, 0.1) is 16.6 Å². The number of nitrogens with zero attached hydrogens (tertiary/aromatic N) is 1. The lowest BCUT2D eigenvalue weighted by Gasteiger charge is -2.18. The van der Waals surface area contributed by atoms with Crippen molar-refractivity contribution in [3.05, 3.63) is 64.5 Å². The second-order valence-corrected chi connectivity index (χ2v) is 11.1. The van der Waals surface area contributed by atoms with E-state index in [0.29, 0.717) is 12.3 Å². The van der Waals surface area contributed by atoms with Gasteiger partial charge in [-0.25, -0.2) is 4.98 Å². The average molecular weight is 465 g/mol. The molecule has 0 aliphatic heterocycles. The fourth-order valence-electron chi connectivity index (χ4n) is 4.14. The molecule has 31 heavy (non-hydrogen) atoms. The predicted molar refractivity (Wildman–Crippen MR) is 135 cm³/mol.